The van der Waals surface area contributed by atoms with E-state index in [1.807, 2.05) is 6.07 Å². The van der Waals surface area contributed by atoms with Gasteiger partial charge < -0.3 is 14.5 Å². The molecule has 0 bridgehead atoms. The minimum Gasteiger partial charge on any atom is -0.472 e. The van der Waals surface area contributed by atoms with Crippen LogP contribution in [0.4, 0.5) is 0 Å². The van der Waals surface area contributed by atoms with Crippen molar-refractivity contribution in [2.75, 3.05) is 26.2 Å². The smallest absolute Gasteiger partial charge is 0.230 e. The van der Waals surface area contributed by atoms with E-state index in [1.54, 1.807) is 12.5 Å². The van der Waals surface area contributed by atoms with Crippen LogP contribution in [0.15, 0.2) is 23.0 Å². The lowest BCUT2D eigenvalue weighted by Gasteiger charge is -2.42. The molecular formula is C17H24N2O3. The number of ether oxygens (including phenoxy) is 1. The summed E-state index contributed by atoms with van der Waals surface area (Å²) < 4.78 is 11.0. The van der Waals surface area contributed by atoms with Gasteiger partial charge in [0, 0.05) is 38.3 Å². The molecular weight excluding hydrogens is 280 g/mol. The zero-order valence-corrected chi connectivity index (χ0v) is 12.9. The van der Waals surface area contributed by atoms with Gasteiger partial charge in [0.05, 0.1) is 24.0 Å². The number of amides is 1. The van der Waals surface area contributed by atoms with E-state index in [2.05, 4.69) is 10.2 Å². The SMILES string of the molecule is O=C(NCC1CC1)[C@@]12CCO[C@@H]1CCN(Cc1ccoc1)C2. The Morgan fingerprint density at radius 2 is 2.32 bits per heavy atom. The van der Waals surface area contributed by atoms with Crippen LogP contribution in [0.5, 0.6) is 0 Å². The maximum atomic E-state index is 12.8. The Balaban J connectivity index is 1.45. The summed E-state index contributed by atoms with van der Waals surface area (Å²) in [6.45, 7) is 4.17. The van der Waals surface area contributed by atoms with Crippen molar-refractivity contribution >= 4 is 5.91 Å². The van der Waals surface area contributed by atoms with Crippen molar-refractivity contribution in [1.82, 2.24) is 10.2 Å². The molecule has 1 aromatic rings. The summed E-state index contributed by atoms with van der Waals surface area (Å²) in [7, 11) is 0. The van der Waals surface area contributed by atoms with E-state index in [4.69, 9.17) is 9.15 Å². The number of furan rings is 1. The molecule has 0 aromatic carbocycles. The lowest BCUT2D eigenvalue weighted by Crippen LogP contribution is -2.57. The Kier molecular flexibility index (Phi) is 3.70. The quantitative estimate of drug-likeness (QED) is 0.901. The van der Waals surface area contributed by atoms with Crippen molar-refractivity contribution < 1.29 is 13.9 Å². The van der Waals surface area contributed by atoms with E-state index in [0.717, 1.165) is 39.0 Å². The molecule has 5 nitrogen and oxygen atoms in total. The molecule has 2 saturated heterocycles. The van der Waals surface area contributed by atoms with Gasteiger partial charge in [-0.15, -0.1) is 0 Å². The van der Waals surface area contributed by atoms with Crippen molar-refractivity contribution in [3.8, 4) is 0 Å². The molecule has 0 radical (unpaired) electrons. The molecule has 4 rings (SSSR count). The van der Waals surface area contributed by atoms with E-state index in [0.29, 0.717) is 12.5 Å². The topological polar surface area (TPSA) is 54.7 Å². The Morgan fingerprint density at radius 3 is 3.09 bits per heavy atom. The zero-order valence-electron chi connectivity index (χ0n) is 12.9. The van der Waals surface area contributed by atoms with Crippen molar-refractivity contribution in [1.29, 1.82) is 0 Å². The summed E-state index contributed by atoms with van der Waals surface area (Å²) in [5.74, 6) is 0.922. The molecule has 3 fully saturated rings. The number of hydrogen-bond acceptors (Lipinski definition) is 4. The van der Waals surface area contributed by atoms with Gasteiger partial charge in [0.15, 0.2) is 0 Å². The highest BCUT2D eigenvalue weighted by Crippen LogP contribution is 2.41. The van der Waals surface area contributed by atoms with Crippen LogP contribution in [-0.4, -0.2) is 43.2 Å². The molecule has 0 spiro atoms. The third-order valence-corrected chi connectivity index (χ3v) is 5.38. The first-order valence-electron chi connectivity index (χ1n) is 8.40. The van der Waals surface area contributed by atoms with E-state index in [9.17, 15) is 4.79 Å². The molecule has 1 N–H and O–H groups in total. The number of nitrogens with one attached hydrogen (secondary N) is 1. The molecule has 2 atom stereocenters. The van der Waals surface area contributed by atoms with Gasteiger partial charge in [-0.25, -0.2) is 0 Å². The number of likely N-dealkylation sites (tertiary alicyclic amines) is 1. The van der Waals surface area contributed by atoms with Gasteiger partial charge in [0.1, 0.15) is 0 Å². The maximum absolute atomic E-state index is 12.8. The second-order valence-corrected chi connectivity index (χ2v) is 7.05. The highest BCUT2D eigenvalue weighted by atomic mass is 16.5. The molecule has 1 saturated carbocycles. The van der Waals surface area contributed by atoms with Crippen LogP contribution in [-0.2, 0) is 16.1 Å². The molecule has 1 aliphatic carbocycles. The van der Waals surface area contributed by atoms with Gasteiger partial charge >= 0.3 is 0 Å². The third kappa shape index (κ3) is 2.68. The molecule has 22 heavy (non-hydrogen) atoms. The molecule has 3 heterocycles. The number of carbonyl (C=O) groups excluding carboxylic acids is 1. The minimum absolute atomic E-state index is 0.0901. The van der Waals surface area contributed by atoms with Gasteiger partial charge in [-0.3, -0.25) is 9.69 Å². The first-order valence-corrected chi connectivity index (χ1v) is 8.40. The molecule has 0 unspecified atom stereocenters. The predicted octanol–water partition coefficient (Wildman–Crippen LogP) is 1.79. The van der Waals surface area contributed by atoms with Crippen LogP contribution >= 0.6 is 0 Å². The highest BCUT2D eigenvalue weighted by molar-refractivity contribution is 5.84. The van der Waals surface area contributed by atoms with Crippen LogP contribution in [0.3, 0.4) is 0 Å². The number of hydrogen-bond donors (Lipinski definition) is 1. The van der Waals surface area contributed by atoms with Crippen molar-refractivity contribution in [3.63, 3.8) is 0 Å². The average Bonchev–Trinajstić information content (AvgIpc) is 3.03. The van der Waals surface area contributed by atoms with Crippen LogP contribution < -0.4 is 5.32 Å². The van der Waals surface area contributed by atoms with Crippen LogP contribution in [0, 0.1) is 11.3 Å². The fraction of sp³-hybridized carbons (Fsp3) is 0.706. The summed E-state index contributed by atoms with van der Waals surface area (Å²) in [4.78, 5) is 15.2. The van der Waals surface area contributed by atoms with Gasteiger partial charge in [-0.2, -0.15) is 0 Å². The number of rotatable bonds is 5. The maximum Gasteiger partial charge on any atom is 0.230 e. The predicted molar refractivity (Wildman–Crippen MR) is 81.1 cm³/mol. The molecule has 1 amide bonds. The van der Waals surface area contributed by atoms with E-state index in [1.165, 1.54) is 18.4 Å². The van der Waals surface area contributed by atoms with E-state index in [-0.39, 0.29) is 17.4 Å². The Labute approximate surface area is 131 Å². The fourth-order valence-electron chi connectivity index (χ4n) is 3.86. The van der Waals surface area contributed by atoms with Gasteiger partial charge in [0.25, 0.3) is 0 Å². The Morgan fingerprint density at radius 1 is 1.41 bits per heavy atom. The average molecular weight is 304 g/mol. The number of carbonyl (C=O) groups is 1. The van der Waals surface area contributed by atoms with Crippen molar-refractivity contribution in [2.45, 2.75) is 38.3 Å². The normalized spacial score (nSPS) is 31.9. The van der Waals surface area contributed by atoms with Crippen molar-refractivity contribution in [3.05, 3.63) is 24.2 Å². The molecule has 5 heteroatoms. The number of fused-ring (bicyclic) bond motifs is 1. The second kappa shape index (κ2) is 5.70. The molecule has 120 valence electrons. The standard InChI is InChI=1S/C17H24N2O3/c20-16(18-9-13-1-2-13)17-5-8-22-15(17)3-6-19(12-17)10-14-4-7-21-11-14/h4,7,11,13,15H,1-3,5-6,8-10,12H2,(H,18,20)/t15-,17-/m1/s1. The minimum atomic E-state index is -0.350. The fourth-order valence-corrected chi connectivity index (χ4v) is 3.86. The molecule has 2 aliphatic heterocycles. The van der Waals surface area contributed by atoms with E-state index >= 15 is 0 Å². The zero-order chi connectivity index (χ0) is 15.0. The summed E-state index contributed by atoms with van der Waals surface area (Å²) in [6.07, 6.45) is 7.90. The van der Waals surface area contributed by atoms with Crippen LogP contribution in [0.1, 0.15) is 31.2 Å². The van der Waals surface area contributed by atoms with Crippen molar-refractivity contribution in [2.24, 2.45) is 11.3 Å². The summed E-state index contributed by atoms with van der Waals surface area (Å²) in [6, 6.07) is 2.00. The molecule has 1 aromatic heterocycles. The molecule has 3 aliphatic rings. The van der Waals surface area contributed by atoms with Gasteiger partial charge in [0.2, 0.25) is 5.91 Å². The van der Waals surface area contributed by atoms with Crippen LogP contribution in [0.2, 0.25) is 0 Å². The summed E-state index contributed by atoms with van der Waals surface area (Å²) in [5.41, 5.74) is 0.822. The first-order chi connectivity index (χ1) is 10.8. The van der Waals surface area contributed by atoms with Gasteiger partial charge in [-0.1, -0.05) is 0 Å². The number of piperidine rings is 1. The lowest BCUT2D eigenvalue weighted by atomic mass is 9.75. The Hall–Kier alpha value is -1.33. The Bertz CT molecular complexity index is 526. The van der Waals surface area contributed by atoms with E-state index < -0.39 is 0 Å². The van der Waals surface area contributed by atoms with Crippen LogP contribution in [0.25, 0.3) is 0 Å². The summed E-state index contributed by atoms with van der Waals surface area (Å²) >= 11 is 0. The lowest BCUT2D eigenvalue weighted by molar-refractivity contribution is -0.139. The highest BCUT2D eigenvalue weighted by Gasteiger charge is 2.53. The number of nitrogens with zero attached hydrogens (tertiary/aromatic N) is 1. The summed E-state index contributed by atoms with van der Waals surface area (Å²) in [5, 5.41) is 3.19. The first kappa shape index (κ1) is 14.3. The van der Waals surface area contributed by atoms with Gasteiger partial charge in [-0.05, 0) is 37.7 Å². The largest absolute Gasteiger partial charge is 0.472 e. The third-order valence-electron chi connectivity index (χ3n) is 5.38. The monoisotopic (exact) mass is 304 g/mol. The second-order valence-electron chi connectivity index (χ2n) is 7.05.